The molecule has 1 saturated heterocycles. The molecule has 0 bridgehead atoms. The minimum atomic E-state index is -4.53. The Labute approximate surface area is 131 Å². The molecule has 126 valence electrons. The molecule has 1 aromatic rings. The Kier molecular flexibility index (Phi) is 4.84. The molecule has 1 atom stereocenters. The number of sulfone groups is 1. The Hall–Kier alpha value is -1.83. The second kappa shape index (κ2) is 6.35. The van der Waals surface area contributed by atoms with Gasteiger partial charge in [0, 0.05) is 6.08 Å². The van der Waals surface area contributed by atoms with Gasteiger partial charge in [-0.05, 0) is 30.5 Å². The molecule has 1 heterocycles. The molecule has 1 aliphatic rings. The lowest BCUT2D eigenvalue weighted by molar-refractivity contribution is -0.142. The van der Waals surface area contributed by atoms with Gasteiger partial charge in [0.1, 0.15) is 6.10 Å². The first-order valence-corrected chi connectivity index (χ1v) is 8.66. The van der Waals surface area contributed by atoms with Crippen LogP contribution in [0.25, 0.3) is 5.57 Å². The molecule has 0 unspecified atom stereocenters. The molecule has 1 aliphatic heterocycles. The third-order valence-corrected chi connectivity index (χ3v) is 5.20. The number of ether oxygens (including phenoxy) is 1. The number of benzene rings is 1. The van der Waals surface area contributed by atoms with Crippen molar-refractivity contribution in [1.29, 1.82) is 0 Å². The Bertz CT molecular complexity index is 735. The number of carbonyl (C=O) groups is 1. The molecule has 2 rings (SSSR count). The summed E-state index contributed by atoms with van der Waals surface area (Å²) in [5, 5.41) is 0. The maximum absolute atomic E-state index is 12.9. The highest BCUT2D eigenvalue weighted by Gasteiger charge is 2.33. The molecule has 1 fully saturated rings. The highest BCUT2D eigenvalue weighted by molar-refractivity contribution is 7.91. The van der Waals surface area contributed by atoms with Crippen molar-refractivity contribution in [2.24, 2.45) is 0 Å². The minimum absolute atomic E-state index is 0.0510. The summed E-state index contributed by atoms with van der Waals surface area (Å²) in [6.07, 6.45) is -4.11. The van der Waals surface area contributed by atoms with Crippen LogP contribution in [-0.2, 0) is 25.5 Å². The third-order valence-electron chi connectivity index (χ3n) is 3.47. The summed E-state index contributed by atoms with van der Waals surface area (Å²) in [7, 11) is -3.19. The minimum Gasteiger partial charge on any atom is -0.458 e. The van der Waals surface area contributed by atoms with E-state index in [1.807, 2.05) is 0 Å². The third kappa shape index (κ3) is 4.57. The number of hydrogen-bond acceptors (Lipinski definition) is 4. The number of halogens is 3. The van der Waals surface area contributed by atoms with Crippen molar-refractivity contribution in [2.75, 3.05) is 11.5 Å². The summed E-state index contributed by atoms with van der Waals surface area (Å²) >= 11 is 0. The molecule has 0 spiro atoms. The molecular weight excluding hydrogens is 333 g/mol. The van der Waals surface area contributed by atoms with Crippen LogP contribution in [0.4, 0.5) is 13.2 Å². The Balaban J connectivity index is 2.16. The molecule has 0 N–H and O–H groups in total. The molecule has 0 radical (unpaired) electrons. The number of allylic oxidation sites excluding steroid dienone is 1. The first-order valence-electron chi connectivity index (χ1n) is 6.84. The molecule has 8 heteroatoms. The average molecular weight is 348 g/mol. The first-order chi connectivity index (χ1) is 10.6. The standard InChI is InChI=1S/C15H15F3O4S/c1-10(12-4-2-3-5-13(12)15(16,17)18)8-14(19)22-11-6-7-23(20,21)9-11/h2-5,8,11H,6-7,9H2,1H3/b10-8+/t11-/m1/s1. The van der Waals surface area contributed by atoms with Crippen LogP contribution in [-0.4, -0.2) is 32.0 Å². The van der Waals surface area contributed by atoms with E-state index in [0.717, 1.165) is 12.1 Å². The quantitative estimate of drug-likeness (QED) is 0.623. The zero-order valence-electron chi connectivity index (χ0n) is 12.3. The zero-order valence-corrected chi connectivity index (χ0v) is 13.1. The fraction of sp³-hybridized carbons (Fsp3) is 0.400. The summed E-state index contributed by atoms with van der Waals surface area (Å²) in [5.41, 5.74) is -0.857. The number of alkyl halides is 3. The van der Waals surface area contributed by atoms with Gasteiger partial charge in [0.05, 0.1) is 17.1 Å². The Morgan fingerprint density at radius 3 is 2.52 bits per heavy atom. The summed E-state index contributed by atoms with van der Waals surface area (Å²) in [6.45, 7) is 1.37. The van der Waals surface area contributed by atoms with E-state index < -0.39 is 33.7 Å². The van der Waals surface area contributed by atoms with E-state index in [-0.39, 0.29) is 29.1 Å². The van der Waals surface area contributed by atoms with E-state index in [9.17, 15) is 26.4 Å². The molecule has 23 heavy (non-hydrogen) atoms. The molecule has 0 aromatic heterocycles. The van der Waals surface area contributed by atoms with Gasteiger partial charge < -0.3 is 4.74 Å². The van der Waals surface area contributed by atoms with E-state index in [2.05, 4.69) is 0 Å². The normalized spacial score (nSPS) is 21.2. The second-order valence-corrected chi connectivity index (χ2v) is 7.56. The molecule has 1 aromatic carbocycles. The van der Waals surface area contributed by atoms with Crippen molar-refractivity contribution in [3.05, 3.63) is 41.5 Å². The second-order valence-electron chi connectivity index (χ2n) is 5.33. The monoisotopic (exact) mass is 348 g/mol. The van der Waals surface area contributed by atoms with Crippen LogP contribution >= 0.6 is 0 Å². The van der Waals surface area contributed by atoms with Gasteiger partial charge in [0.25, 0.3) is 0 Å². The van der Waals surface area contributed by atoms with Gasteiger partial charge in [-0.3, -0.25) is 0 Å². The summed E-state index contributed by atoms with van der Waals surface area (Å²) < 4.78 is 66.4. The highest BCUT2D eigenvalue weighted by atomic mass is 32.2. The summed E-state index contributed by atoms with van der Waals surface area (Å²) in [5.74, 6) is -1.14. The van der Waals surface area contributed by atoms with Crippen molar-refractivity contribution in [3.63, 3.8) is 0 Å². The molecule has 0 amide bonds. The fourth-order valence-corrected chi connectivity index (χ4v) is 3.97. The van der Waals surface area contributed by atoms with Gasteiger partial charge in [-0.25, -0.2) is 13.2 Å². The van der Waals surface area contributed by atoms with Crippen molar-refractivity contribution in [1.82, 2.24) is 0 Å². The molecule has 0 saturated carbocycles. The first kappa shape index (κ1) is 17.5. The lowest BCUT2D eigenvalue weighted by Crippen LogP contribution is -2.18. The maximum Gasteiger partial charge on any atom is 0.416 e. The number of esters is 1. The van der Waals surface area contributed by atoms with E-state index in [1.54, 1.807) is 0 Å². The molecule has 0 aliphatic carbocycles. The maximum atomic E-state index is 12.9. The highest BCUT2D eigenvalue weighted by Crippen LogP contribution is 2.34. The van der Waals surface area contributed by atoms with Gasteiger partial charge in [0.15, 0.2) is 9.84 Å². The summed E-state index contributed by atoms with van der Waals surface area (Å²) in [6, 6.07) is 4.90. The van der Waals surface area contributed by atoms with Gasteiger partial charge in [-0.2, -0.15) is 13.2 Å². The predicted octanol–water partition coefficient (Wildman–Crippen LogP) is 2.84. The summed E-state index contributed by atoms with van der Waals surface area (Å²) in [4.78, 5) is 11.8. The number of hydrogen-bond donors (Lipinski definition) is 0. The predicted molar refractivity (Wildman–Crippen MR) is 78.2 cm³/mol. The van der Waals surface area contributed by atoms with Crippen LogP contribution in [0.2, 0.25) is 0 Å². The SMILES string of the molecule is C/C(=C\C(=O)O[C@@H]1CCS(=O)(=O)C1)c1ccccc1C(F)(F)F. The largest absolute Gasteiger partial charge is 0.458 e. The zero-order chi connectivity index (χ0) is 17.3. The number of carbonyl (C=O) groups excluding carboxylic acids is 1. The van der Waals surface area contributed by atoms with Crippen LogP contribution < -0.4 is 0 Å². The van der Waals surface area contributed by atoms with E-state index in [0.29, 0.717) is 0 Å². The van der Waals surface area contributed by atoms with E-state index in [1.165, 1.54) is 25.1 Å². The van der Waals surface area contributed by atoms with Crippen molar-refractivity contribution in [3.8, 4) is 0 Å². The van der Waals surface area contributed by atoms with Gasteiger partial charge in [-0.15, -0.1) is 0 Å². The van der Waals surface area contributed by atoms with Crippen molar-refractivity contribution in [2.45, 2.75) is 25.6 Å². The average Bonchev–Trinajstić information content (AvgIpc) is 2.76. The van der Waals surface area contributed by atoms with E-state index in [4.69, 9.17) is 4.74 Å². The number of rotatable bonds is 3. The Morgan fingerprint density at radius 2 is 1.96 bits per heavy atom. The lowest BCUT2D eigenvalue weighted by Gasteiger charge is -2.13. The van der Waals surface area contributed by atoms with Crippen LogP contribution in [0.1, 0.15) is 24.5 Å². The van der Waals surface area contributed by atoms with Gasteiger partial charge in [0.2, 0.25) is 0 Å². The smallest absolute Gasteiger partial charge is 0.416 e. The Morgan fingerprint density at radius 1 is 1.30 bits per heavy atom. The van der Waals surface area contributed by atoms with Crippen molar-refractivity contribution < 1.29 is 31.1 Å². The van der Waals surface area contributed by atoms with Gasteiger partial charge >= 0.3 is 12.1 Å². The van der Waals surface area contributed by atoms with Gasteiger partial charge in [-0.1, -0.05) is 18.2 Å². The van der Waals surface area contributed by atoms with E-state index >= 15 is 0 Å². The van der Waals surface area contributed by atoms with Crippen LogP contribution in [0, 0.1) is 0 Å². The van der Waals surface area contributed by atoms with Crippen LogP contribution in [0.5, 0.6) is 0 Å². The van der Waals surface area contributed by atoms with Crippen molar-refractivity contribution >= 4 is 21.4 Å². The van der Waals surface area contributed by atoms with Crippen LogP contribution in [0.3, 0.4) is 0 Å². The lowest BCUT2D eigenvalue weighted by atomic mass is 10.0. The molecular formula is C15H15F3O4S. The van der Waals surface area contributed by atoms with Crippen LogP contribution in [0.15, 0.2) is 30.3 Å². The molecule has 4 nitrogen and oxygen atoms in total. The topological polar surface area (TPSA) is 60.4 Å². The fourth-order valence-electron chi connectivity index (χ4n) is 2.38.